The van der Waals surface area contributed by atoms with E-state index in [-0.39, 0.29) is 31.4 Å². The minimum Gasteiger partial charge on any atom is -0.748 e. The zero-order valence-electron chi connectivity index (χ0n) is 23.8. The van der Waals surface area contributed by atoms with Crippen molar-refractivity contribution < 1.29 is 47.0 Å². The fourth-order valence-corrected chi connectivity index (χ4v) is 7.37. The molecular weight excluding hydrogens is 671 g/mol. The predicted molar refractivity (Wildman–Crippen MR) is 169 cm³/mol. The van der Waals surface area contributed by atoms with Crippen molar-refractivity contribution in [2.24, 2.45) is 0 Å². The fraction of sp³-hybridized carbons (Fsp3) is 0.296. The second kappa shape index (κ2) is 14.0. The summed E-state index contributed by atoms with van der Waals surface area (Å²) in [6, 6.07) is 5.12. The van der Waals surface area contributed by atoms with Crippen LogP contribution in [-0.4, -0.2) is 80.8 Å². The first-order chi connectivity index (χ1) is 21.2. The van der Waals surface area contributed by atoms with Crippen LogP contribution in [0.25, 0.3) is 11.0 Å². The number of carbonyl (C=O) groups excluding carboxylic acids is 1. The Kier molecular flexibility index (Phi) is 10.5. The predicted octanol–water partition coefficient (Wildman–Crippen LogP) is 0.849. The standard InChI is InChI=1S/C27H27N3O11S4/c1-3-15(25-28(10-5-11-45(37,38)39)17-12-16(40-2)8-9-18(17)41-25)6-4-7-19-23(35)29(13-20(31)32)26(43-19)22-24(36)30(14-21(33)34)27(42)44-22/h4,6-9,12H,3,5,10-11,13-14H2,1-2H3,(H,31,32)(H,33,34)(H,37,38,39)/p-1/b6-4?,19-7?,25-15?,26-22+. The van der Waals surface area contributed by atoms with E-state index >= 15 is 0 Å². The molecule has 240 valence electrons. The Labute approximate surface area is 269 Å². The number of hydrogen-bond donors (Lipinski definition) is 2. The molecule has 0 spiro atoms. The Balaban J connectivity index is 1.76. The number of amides is 1. The molecule has 1 aromatic heterocycles. The van der Waals surface area contributed by atoms with Crippen molar-refractivity contribution in [2.75, 3.05) is 30.9 Å². The smallest absolute Gasteiger partial charge is 0.323 e. The molecule has 1 aromatic carbocycles. The van der Waals surface area contributed by atoms with Crippen molar-refractivity contribution in [1.29, 1.82) is 0 Å². The van der Waals surface area contributed by atoms with Crippen LogP contribution in [0.4, 0.5) is 5.69 Å². The highest BCUT2D eigenvalue weighted by Crippen LogP contribution is 2.42. The van der Waals surface area contributed by atoms with Gasteiger partial charge in [-0.15, -0.1) is 11.3 Å². The van der Waals surface area contributed by atoms with Crippen molar-refractivity contribution in [2.45, 2.75) is 26.3 Å². The molecule has 0 unspecified atom stereocenters. The van der Waals surface area contributed by atoms with Crippen molar-refractivity contribution in [3.05, 3.63) is 61.4 Å². The van der Waals surface area contributed by atoms with Crippen LogP contribution in [0.5, 0.6) is 11.5 Å². The number of methoxy groups -OCH3 is 1. The second-order valence-electron chi connectivity index (χ2n) is 9.45. The molecule has 2 N–H and O–H groups in total. The molecule has 0 saturated carbocycles. The van der Waals surface area contributed by atoms with E-state index in [0.717, 1.165) is 32.6 Å². The Morgan fingerprint density at radius 2 is 1.87 bits per heavy atom. The number of rotatable bonds is 12. The molecule has 0 bridgehead atoms. The molecular formula is C27H26N3O11S4-. The number of ether oxygens (including phenoxy) is 2. The number of thioether (sulfide) groups is 1. The van der Waals surface area contributed by atoms with Gasteiger partial charge in [-0.1, -0.05) is 43.1 Å². The molecule has 0 atom stereocenters. The number of aliphatic carboxylic acids is 2. The molecule has 3 heterocycles. The first-order valence-corrected chi connectivity index (χ1v) is 16.8. The third-order valence-electron chi connectivity index (χ3n) is 6.42. The topological polar surface area (TPSA) is 196 Å². The van der Waals surface area contributed by atoms with Gasteiger partial charge in [0.15, 0.2) is 5.75 Å². The number of carboxylic acids is 2. The number of carboxylic acid groups (broad SMARTS) is 2. The molecule has 45 heavy (non-hydrogen) atoms. The summed E-state index contributed by atoms with van der Waals surface area (Å²) in [4.78, 5) is 51.5. The first-order valence-electron chi connectivity index (χ1n) is 13.1. The van der Waals surface area contributed by atoms with E-state index in [1.807, 2.05) is 6.92 Å². The second-order valence-corrected chi connectivity index (χ2v) is 13.6. The van der Waals surface area contributed by atoms with E-state index in [9.17, 15) is 37.3 Å². The van der Waals surface area contributed by atoms with Crippen molar-refractivity contribution in [3.63, 3.8) is 0 Å². The van der Waals surface area contributed by atoms with E-state index in [1.54, 1.807) is 35.3 Å². The SMILES string of the molecule is CCC(C=CC=c1s/c(=C2/SC(=S)N(CC(=O)O)C2=O)n(CC(=O)O)c1=O)=C1Oc2ccc(OC)cc2N1CCCS(=O)(=O)[O-]. The number of nitrogens with zero attached hydrogens (tertiary/aromatic N) is 3. The van der Waals surface area contributed by atoms with E-state index < -0.39 is 52.4 Å². The maximum atomic E-state index is 13.2. The van der Waals surface area contributed by atoms with Gasteiger partial charge in [-0.2, -0.15) is 0 Å². The van der Waals surface area contributed by atoms with Crippen LogP contribution in [-0.2, 0) is 31.0 Å². The van der Waals surface area contributed by atoms with Crippen LogP contribution in [0, 0.1) is 0 Å². The number of benzene rings is 1. The molecule has 2 aromatic rings. The lowest BCUT2D eigenvalue weighted by Crippen LogP contribution is -2.36. The molecule has 14 nitrogen and oxygen atoms in total. The molecule has 2 aliphatic rings. The average Bonchev–Trinajstić information content (AvgIpc) is 3.57. The van der Waals surface area contributed by atoms with Gasteiger partial charge < -0.3 is 29.1 Å². The number of anilines is 1. The summed E-state index contributed by atoms with van der Waals surface area (Å²) in [6.07, 6.45) is 5.15. The fourth-order valence-electron chi connectivity index (χ4n) is 4.42. The summed E-state index contributed by atoms with van der Waals surface area (Å²) < 4.78 is 46.1. The zero-order valence-corrected chi connectivity index (χ0v) is 27.0. The molecule has 2 aliphatic heterocycles. The zero-order chi connectivity index (χ0) is 33.1. The number of allylic oxidation sites excluding steroid dienone is 3. The summed E-state index contributed by atoms with van der Waals surface area (Å²) in [5, 5.41) is 18.5. The van der Waals surface area contributed by atoms with Crippen LogP contribution in [0.1, 0.15) is 19.8 Å². The third kappa shape index (κ3) is 7.82. The quantitative estimate of drug-likeness (QED) is 0.234. The lowest BCUT2D eigenvalue weighted by atomic mass is 10.1. The van der Waals surface area contributed by atoms with E-state index in [0.29, 0.717) is 35.1 Å². The average molecular weight is 697 g/mol. The highest BCUT2D eigenvalue weighted by atomic mass is 32.2. The van der Waals surface area contributed by atoms with E-state index in [1.165, 1.54) is 13.2 Å². The molecule has 0 aliphatic carbocycles. The van der Waals surface area contributed by atoms with Gasteiger partial charge in [0, 0.05) is 23.9 Å². The lowest BCUT2D eigenvalue weighted by Gasteiger charge is -2.21. The molecule has 0 radical (unpaired) electrons. The van der Waals surface area contributed by atoms with Crippen molar-refractivity contribution in [3.8, 4) is 11.5 Å². The van der Waals surface area contributed by atoms with Crippen molar-refractivity contribution >= 4 is 84.3 Å². The Hall–Kier alpha value is -3.97. The van der Waals surface area contributed by atoms with Gasteiger partial charge in [-0.25, -0.2) is 8.42 Å². The van der Waals surface area contributed by atoms with Crippen LogP contribution in [0.2, 0.25) is 0 Å². The van der Waals surface area contributed by atoms with Gasteiger partial charge in [-0.05, 0) is 31.1 Å². The minimum absolute atomic E-state index is 0.0302. The summed E-state index contributed by atoms with van der Waals surface area (Å²) in [7, 11) is -2.93. The van der Waals surface area contributed by atoms with Crippen molar-refractivity contribution in [1.82, 2.24) is 9.47 Å². The lowest BCUT2D eigenvalue weighted by molar-refractivity contribution is -0.140. The number of fused-ring (bicyclic) bond motifs is 1. The number of thiazole rings is 1. The maximum absolute atomic E-state index is 13.2. The van der Waals surface area contributed by atoms with E-state index in [4.69, 9.17) is 26.8 Å². The Morgan fingerprint density at radius 3 is 2.49 bits per heavy atom. The third-order valence-corrected chi connectivity index (χ3v) is 9.93. The van der Waals surface area contributed by atoms with Gasteiger partial charge in [0.05, 0.1) is 27.4 Å². The van der Waals surface area contributed by atoms with Crippen LogP contribution in [0.3, 0.4) is 0 Å². The summed E-state index contributed by atoms with van der Waals surface area (Å²) >= 11 is 6.78. The monoisotopic (exact) mass is 696 g/mol. The number of hydrogen-bond acceptors (Lipinski definition) is 13. The number of aromatic nitrogens is 1. The van der Waals surface area contributed by atoms with Crippen LogP contribution >= 0.6 is 35.3 Å². The number of carbonyl (C=O) groups is 3. The van der Waals surface area contributed by atoms with Gasteiger partial charge in [0.1, 0.15) is 32.7 Å². The van der Waals surface area contributed by atoms with Gasteiger partial charge in [0.25, 0.3) is 11.5 Å². The highest BCUT2D eigenvalue weighted by Gasteiger charge is 2.35. The summed E-state index contributed by atoms with van der Waals surface area (Å²) in [5.74, 6) is -2.50. The normalized spacial score (nSPS) is 17.7. The Morgan fingerprint density at radius 1 is 1.16 bits per heavy atom. The molecule has 1 saturated heterocycles. The Bertz CT molecular complexity index is 1930. The van der Waals surface area contributed by atoms with Crippen LogP contribution < -0.4 is 29.1 Å². The molecule has 1 amide bonds. The van der Waals surface area contributed by atoms with Gasteiger partial charge in [-0.3, -0.25) is 28.6 Å². The maximum Gasteiger partial charge on any atom is 0.323 e. The molecule has 18 heteroatoms. The van der Waals surface area contributed by atoms with Gasteiger partial charge >= 0.3 is 11.9 Å². The summed E-state index contributed by atoms with van der Waals surface area (Å²) in [5.41, 5.74) is 0.592. The first kappa shape index (κ1) is 33.9. The van der Waals surface area contributed by atoms with Gasteiger partial charge in [0.2, 0.25) is 5.88 Å². The molecule has 4 rings (SSSR count). The highest BCUT2D eigenvalue weighted by molar-refractivity contribution is 8.30. The van der Waals surface area contributed by atoms with Crippen LogP contribution in [0.15, 0.2) is 46.6 Å². The van der Waals surface area contributed by atoms with E-state index in [2.05, 4.69) is 0 Å². The largest absolute Gasteiger partial charge is 0.748 e. The summed E-state index contributed by atoms with van der Waals surface area (Å²) in [6.45, 7) is 0.589. The molecule has 1 fully saturated rings. The minimum atomic E-state index is -4.43. The number of thiocarbonyl (C=S) groups is 1.